The standard InChI is InChI=1S/C12H13N3/c1-4-11-12(14-6-5-13-11)7-9(1)8-15-10-2-3-10/h1,4-7,10,15H,2-3,8H2. The van der Waals surface area contributed by atoms with Crippen molar-refractivity contribution < 1.29 is 0 Å². The van der Waals surface area contributed by atoms with Crippen LogP contribution in [0.1, 0.15) is 18.4 Å². The minimum absolute atomic E-state index is 0.752. The van der Waals surface area contributed by atoms with Crippen LogP contribution in [0.5, 0.6) is 0 Å². The number of rotatable bonds is 3. The third kappa shape index (κ3) is 1.97. The molecule has 1 saturated carbocycles. The van der Waals surface area contributed by atoms with Crippen molar-refractivity contribution in [3.8, 4) is 0 Å². The van der Waals surface area contributed by atoms with E-state index in [1.54, 1.807) is 12.4 Å². The van der Waals surface area contributed by atoms with Gasteiger partial charge in [0, 0.05) is 25.0 Å². The van der Waals surface area contributed by atoms with E-state index < -0.39 is 0 Å². The number of nitrogens with zero attached hydrogens (tertiary/aromatic N) is 2. The van der Waals surface area contributed by atoms with Crippen LogP contribution in [0.4, 0.5) is 0 Å². The summed E-state index contributed by atoms with van der Waals surface area (Å²) >= 11 is 0. The maximum Gasteiger partial charge on any atom is 0.0890 e. The Balaban J connectivity index is 1.84. The van der Waals surface area contributed by atoms with Crippen LogP contribution in [0.2, 0.25) is 0 Å². The highest BCUT2D eigenvalue weighted by molar-refractivity contribution is 5.74. The van der Waals surface area contributed by atoms with E-state index in [1.165, 1.54) is 18.4 Å². The van der Waals surface area contributed by atoms with E-state index in [0.717, 1.165) is 23.6 Å². The number of benzene rings is 1. The quantitative estimate of drug-likeness (QED) is 0.820. The first-order chi connectivity index (χ1) is 7.42. The zero-order valence-corrected chi connectivity index (χ0v) is 8.48. The van der Waals surface area contributed by atoms with Gasteiger partial charge >= 0.3 is 0 Å². The van der Waals surface area contributed by atoms with Gasteiger partial charge < -0.3 is 5.32 Å². The minimum atomic E-state index is 0.752. The van der Waals surface area contributed by atoms with Crippen LogP contribution in [-0.4, -0.2) is 16.0 Å². The molecule has 15 heavy (non-hydrogen) atoms. The molecule has 1 aliphatic carbocycles. The van der Waals surface area contributed by atoms with Gasteiger partial charge in [-0.05, 0) is 30.5 Å². The van der Waals surface area contributed by atoms with E-state index in [-0.39, 0.29) is 0 Å². The molecule has 0 spiro atoms. The molecule has 1 aliphatic rings. The molecule has 0 unspecified atom stereocenters. The molecule has 0 radical (unpaired) electrons. The van der Waals surface area contributed by atoms with Crippen molar-refractivity contribution in [2.45, 2.75) is 25.4 Å². The molecular weight excluding hydrogens is 186 g/mol. The lowest BCUT2D eigenvalue weighted by Gasteiger charge is -2.03. The van der Waals surface area contributed by atoms with Gasteiger partial charge in [0.05, 0.1) is 11.0 Å². The first kappa shape index (κ1) is 8.80. The second kappa shape index (κ2) is 3.59. The molecule has 0 bridgehead atoms. The molecule has 76 valence electrons. The number of nitrogens with one attached hydrogen (secondary N) is 1. The Morgan fingerprint density at radius 1 is 1.13 bits per heavy atom. The molecule has 1 aromatic heterocycles. The minimum Gasteiger partial charge on any atom is -0.310 e. The highest BCUT2D eigenvalue weighted by Crippen LogP contribution is 2.19. The third-order valence-corrected chi connectivity index (χ3v) is 2.71. The summed E-state index contributed by atoms with van der Waals surface area (Å²) in [5.74, 6) is 0. The Bertz CT molecular complexity index is 477. The van der Waals surface area contributed by atoms with Gasteiger partial charge in [-0.25, -0.2) is 0 Å². The molecule has 1 heterocycles. The van der Waals surface area contributed by atoms with Crippen molar-refractivity contribution in [3.05, 3.63) is 36.2 Å². The highest BCUT2D eigenvalue weighted by atomic mass is 14.9. The highest BCUT2D eigenvalue weighted by Gasteiger charge is 2.19. The fourth-order valence-electron chi connectivity index (χ4n) is 1.67. The smallest absolute Gasteiger partial charge is 0.0890 e. The molecule has 3 rings (SSSR count). The number of fused-ring (bicyclic) bond motifs is 1. The van der Waals surface area contributed by atoms with Crippen molar-refractivity contribution in [1.29, 1.82) is 0 Å². The summed E-state index contributed by atoms with van der Waals surface area (Å²) in [6.07, 6.45) is 6.12. The van der Waals surface area contributed by atoms with Gasteiger partial charge in [0.1, 0.15) is 0 Å². The SMILES string of the molecule is c1cnc2cc(CNC3CC3)ccc2n1. The van der Waals surface area contributed by atoms with Crippen LogP contribution in [0.15, 0.2) is 30.6 Å². The van der Waals surface area contributed by atoms with E-state index in [9.17, 15) is 0 Å². The maximum atomic E-state index is 4.29. The largest absolute Gasteiger partial charge is 0.310 e. The summed E-state index contributed by atoms with van der Waals surface area (Å²) < 4.78 is 0. The maximum absolute atomic E-state index is 4.29. The van der Waals surface area contributed by atoms with E-state index in [0.29, 0.717) is 0 Å². The summed E-state index contributed by atoms with van der Waals surface area (Å²) in [5, 5.41) is 3.49. The average molecular weight is 199 g/mol. The topological polar surface area (TPSA) is 37.8 Å². The third-order valence-electron chi connectivity index (χ3n) is 2.71. The predicted octanol–water partition coefficient (Wildman–Crippen LogP) is 1.88. The summed E-state index contributed by atoms with van der Waals surface area (Å²) in [7, 11) is 0. The van der Waals surface area contributed by atoms with Crippen LogP contribution in [-0.2, 0) is 6.54 Å². The molecular formula is C12H13N3. The molecule has 1 aromatic carbocycles. The zero-order valence-electron chi connectivity index (χ0n) is 8.48. The lowest BCUT2D eigenvalue weighted by molar-refractivity contribution is 0.688. The van der Waals surface area contributed by atoms with Crippen molar-refractivity contribution in [2.75, 3.05) is 0 Å². The summed E-state index contributed by atoms with van der Waals surface area (Å²) in [6.45, 7) is 0.942. The molecule has 3 nitrogen and oxygen atoms in total. The Labute approximate surface area is 88.6 Å². The Hall–Kier alpha value is -1.48. The van der Waals surface area contributed by atoms with Gasteiger partial charge in [-0.1, -0.05) is 6.07 Å². The van der Waals surface area contributed by atoms with Crippen LogP contribution in [0.25, 0.3) is 11.0 Å². The van der Waals surface area contributed by atoms with Crippen molar-refractivity contribution in [2.24, 2.45) is 0 Å². The fourth-order valence-corrected chi connectivity index (χ4v) is 1.67. The molecule has 2 aromatic rings. The van der Waals surface area contributed by atoms with Crippen molar-refractivity contribution >= 4 is 11.0 Å². The van der Waals surface area contributed by atoms with Gasteiger partial charge in [-0.15, -0.1) is 0 Å². The van der Waals surface area contributed by atoms with E-state index in [4.69, 9.17) is 0 Å². The molecule has 1 N–H and O–H groups in total. The number of hydrogen-bond donors (Lipinski definition) is 1. The lowest BCUT2D eigenvalue weighted by Crippen LogP contribution is -2.15. The summed E-state index contributed by atoms with van der Waals surface area (Å²) in [4.78, 5) is 8.54. The van der Waals surface area contributed by atoms with Gasteiger partial charge in [-0.2, -0.15) is 0 Å². The fraction of sp³-hybridized carbons (Fsp3) is 0.333. The lowest BCUT2D eigenvalue weighted by atomic mass is 10.2. The number of hydrogen-bond acceptors (Lipinski definition) is 3. The van der Waals surface area contributed by atoms with Gasteiger partial charge in [0.15, 0.2) is 0 Å². The molecule has 0 atom stereocenters. The average Bonchev–Trinajstić information content (AvgIpc) is 3.10. The van der Waals surface area contributed by atoms with Crippen LogP contribution in [0, 0.1) is 0 Å². The Morgan fingerprint density at radius 2 is 1.93 bits per heavy atom. The second-order valence-electron chi connectivity index (χ2n) is 4.03. The molecule has 0 saturated heterocycles. The zero-order chi connectivity index (χ0) is 10.1. The van der Waals surface area contributed by atoms with Crippen LogP contribution in [0.3, 0.4) is 0 Å². The molecule has 1 fully saturated rings. The first-order valence-electron chi connectivity index (χ1n) is 5.35. The predicted molar refractivity (Wildman–Crippen MR) is 59.4 cm³/mol. The van der Waals surface area contributed by atoms with Crippen molar-refractivity contribution in [1.82, 2.24) is 15.3 Å². The van der Waals surface area contributed by atoms with E-state index in [1.807, 2.05) is 6.07 Å². The van der Waals surface area contributed by atoms with Crippen LogP contribution < -0.4 is 5.32 Å². The molecule has 0 aliphatic heterocycles. The second-order valence-corrected chi connectivity index (χ2v) is 4.03. The first-order valence-corrected chi connectivity index (χ1v) is 5.35. The van der Waals surface area contributed by atoms with Gasteiger partial charge in [-0.3, -0.25) is 9.97 Å². The van der Waals surface area contributed by atoms with Crippen LogP contribution >= 0.6 is 0 Å². The Kier molecular flexibility index (Phi) is 2.10. The summed E-state index contributed by atoms with van der Waals surface area (Å²) in [5.41, 5.74) is 3.23. The van der Waals surface area contributed by atoms with Gasteiger partial charge in [0.25, 0.3) is 0 Å². The summed E-state index contributed by atoms with van der Waals surface area (Å²) in [6, 6.07) is 7.01. The monoisotopic (exact) mass is 199 g/mol. The van der Waals surface area contributed by atoms with E-state index in [2.05, 4.69) is 27.4 Å². The van der Waals surface area contributed by atoms with E-state index >= 15 is 0 Å². The van der Waals surface area contributed by atoms with Crippen molar-refractivity contribution in [3.63, 3.8) is 0 Å². The molecule has 3 heteroatoms. The number of aromatic nitrogens is 2. The molecule has 0 amide bonds. The normalized spacial score (nSPS) is 15.7. The van der Waals surface area contributed by atoms with Gasteiger partial charge in [0.2, 0.25) is 0 Å². The Morgan fingerprint density at radius 3 is 2.73 bits per heavy atom.